The maximum Gasteiger partial charge on any atom is 0.573 e. The second kappa shape index (κ2) is 7.86. The molecule has 0 amide bonds. The highest BCUT2D eigenvalue weighted by Crippen LogP contribution is 2.32. The van der Waals surface area contributed by atoms with E-state index in [0.29, 0.717) is 17.1 Å². The minimum Gasteiger partial charge on any atom is -0.497 e. The second-order valence-electron chi connectivity index (χ2n) is 6.16. The number of nitrogens with one attached hydrogen (secondary N) is 1. The number of nitrogens with zero attached hydrogens (tertiary/aromatic N) is 2. The number of aromatic amines is 1. The van der Waals surface area contributed by atoms with Gasteiger partial charge in [0, 0.05) is 5.69 Å². The van der Waals surface area contributed by atoms with Crippen LogP contribution in [0, 0.1) is 6.92 Å². The first-order chi connectivity index (χ1) is 13.7. The Morgan fingerprint density at radius 3 is 2.38 bits per heavy atom. The fourth-order valence-electron chi connectivity index (χ4n) is 2.88. The standard InChI is InChI=1S/C20H18F3N3O3/c1-12(24-16-6-4-5-7-17(16)29-20(21,22)23)18-13(2)25-26(19(18)27)14-8-10-15(28-3)11-9-14/h4-11,25H,1-3H3. The molecule has 0 aliphatic rings. The molecule has 1 N–H and O–H groups in total. The lowest BCUT2D eigenvalue weighted by atomic mass is 10.1. The van der Waals surface area contributed by atoms with Crippen molar-refractivity contribution in [2.75, 3.05) is 7.11 Å². The van der Waals surface area contributed by atoms with Crippen LogP contribution in [0.3, 0.4) is 0 Å². The smallest absolute Gasteiger partial charge is 0.497 e. The van der Waals surface area contributed by atoms with Crippen LogP contribution in [0.2, 0.25) is 0 Å². The highest BCUT2D eigenvalue weighted by Gasteiger charge is 2.32. The van der Waals surface area contributed by atoms with Gasteiger partial charge in [-0.2, -0.15) is 0 Å². The Morgan fingerprint density at radius 1 is 1.10 bits per heavy atom. The van der Waals surface area contributed by atoms with E-state index in [1.807, 2.05) is 0 Å². The average molecular weight is 405 g/mol. The van der Waals surface area contributed by atoms with Crippen molar-refractivity contribution in [2.24, 2.45) is 4.99 Å². The molecule has 2 aromatic carbocycles. The minimum atomic E-state index is -4.84. The van der Waals surface area contributed by atoms with Crippen molar-refractivity contribution in [1.82, 2.24) is 9.78 Å². The summed E-state index contributed by atoms with van der Waals surface area (Å²) >= 11 is 0. The number of aliphatic imine (C=N–C) groups is 1. The third kappa shape index (κ3) is 4.50. The molecule has 0 aliphatic heterocycles. The SMILES string of the molecule is COc1ccc(-n2[nH]c(C)c(C(C)=Nc3ccccc3OC(F)(F)F)c2=O)cc1. The van der Waals surface area contributed by atoms with Crippen LogP contribution < -0.4 is 15.0 Å². The highest BCUT2D eigenvalue weighted by atomic mass is 19.4. The van der Waals surface area contributed by atoms with Gasteiger partial charge < -0.3 is 9.47 Å². The molecule has 0 aliphatic carbocycles. The van der Waals surface area contributed by atoms with Gasteiger partial charge in [0.1, 0.15) is 11.4 Å². The van der Waals surface area contributed by atoms with Crippen LogP contribution in [0.15, 0.2) is 58.3 Å². The number of aryl methyl sites for hydroxylation is 1. The van der Waals surface area contributed by atoms with E-state index in [0.717, 1.165) is 0 Å². The van der Waals surface area contributed by atoms with Crippen molar-refractivity contribution in [3.8, 4) is 17.2 Å². The van der Waals surface area contributed by atoms with Gasteiger partial charge in [-0.25, -0.2) is 9.67 Å². The van der Waals surface area contributed by atoms with Crippen LogP contribution in [0.4, 0.5) is 18.9 Å². The second-order valence-corrected chi connectivity index (χ2v) is 6.16. The Bertz CT molecular complexity index is 1100. The van der Waals surface area contributed by atoms with E-state index in [4.69, 9.17) is 4.74 Å². The fraction of sp³-hybridized carbons (Fsp3) is 0.200. The number of aromatic nitrogens is 2. The molecule has 0 atom stereocenters. The van der Waals surface area contributed by atoms with E-state index in [1.165, 1.54) is 36.1 Å². The molecule has 0 unspecified atom stereocenters. The zero-order valence-corrected chi connectivity index (χ0v) is 15.9. The molecule has 0 bridgehead atoms. The van der Waals surface area contributed by atoms with Gasteiger partial charge in [0.25, 0.3) is 5.56 Å². The summed E-state index contributed by atoms with van der Waals surface area (Å²) in [6.45, 7) is 3.24. The van der Waals surface area contributed by atoms with Gasteiger partial charge in [-0.1, -0.05) is 12.1 Å². The summed E-state index contributed by atoms with van der Waals surface area (Å²) in [5, 5.41) is 2.96. The highest BCUT2D eigenvalue weighted by molar-refractivity contribution is 6.01. The van der Waals surface area contributed by atoms with Crippen molar-refractivity contribution in [1.29, 1.82) is 0 Å². The van der Waals surface area contributed by atoms with Crippen LogP contribution >= 0.6 is 0 Å². The molecule has 3 aromatic rings. The van der Waals surface area contributed by atoms with Crippen LogP contribution in [-0.2, 0) is 0 Å². The monoisotopic (exact) mass is 405 g/mol. The van der Waals surface area contributed by atoms with Gasteiger partial charge in [0.2, 0.25) is 0 Å². The van der Waals surface area contributed by atoms with Gasteiger partial charge >= 0.3 is 6.36 Å². The lowest BCUT2D eigenvalue weighted by Crippen LogP contribution is -2.19. The molecule has 0 spiro atoms. The molecule has 1 heterocycles. The zero-order chi connectivity index (χ0) is 21.2. The average Bonchev–Trinajstić information content (AvgIpc) is 2.96. The topological polar surface area (TPSA) is 68.6 Å². The first-order valence-corrected chi connectivity index (χ1v) is 8.56. The van der Waals surface area contributed by atoms with Crippen molar-refractivity contribution in [3.05, 3.63) is 70.1 Å². The number of hydrogen-bond acceptors (Lipinski definition) is 4. The molecule has 1 aromatic heterocycles. The number of halogens is 3. The fourth-order valence-corrected chi connectivity index (χ4v) is 2.88. The van der Waals surface area contributed by atoms with Crippen molar-refractivity contribution < 1.29 is 22.6 Å². The van der Waals surface area contributed by atoms with E-state index >= 15 is 0 Å². The summed E-state index contributed by atoms with van der Waals surface area (Å²) in [4.78, 5) is 17.1. The molecular weight excluding hydrogens is 387 g/mol. The van der Waals surface area contributed by atoms with Crippen molar-refractivity contribution >= 4 is 11.4 Å². The van der Waals surface area contributed by atoms with Gasteiger partial charge in [-0.3, -0.25) is 9.89 Å². The van der Waals surface area contributed by atoms with Crippen molar-refractivity contribution in [3.63, 3.8) is 0 Å². The Labute approximate surface area is 164 Å². The molecule has 0 saturated carbocycles. The van der Waals surface area contributed by atoms with Crippen LogP contribution in [0.5, 0.6) is 11.5 Å². The summed E-state index contributed by atoms with van der Waals surface area (Å²) in [7, 11) is 1.54. The predicted molar refractivity (Wildman–Crippen MR) is 103 cm³/mol. The Morgan fingerprint density at radius 2 is 1.76 bits per heavy atom. The lowest BCUT2D eigenvalue weighted by molar-refractivity contribution is -0.274. The lowest BCUT2D eigenvalue weighted by Gasteiger charge is -2.11. The number of methoxy groups -OCH3 is 1. The predicted octanol–water partition coefficient (Wildman–Crippen LogP) is 4.52. The molecular formula is C20H18F3N3O3. The van der Waals surface area contributed by atoms with E-state index in [2.05, 4.69) is 14.8 Å². The normalized spacial score (nSPS) is 12.1. The summed E-state index contributed by atoms with van der Waals surface area (Å²) in [6, 6.07) is 12.3. The summed E-state index contributed by atoms with van der Waals surface area (Å²) in [6.07, 6.45) is -4.84. The Kier molecular flexibility index (Phi) is 5.49. The van der Waals surface area contributed by atoms with Gasteiger partial charge in [0.15, 0.2) is 5.75 Å². The van der Waals surface area contributed by atoms with E-state index in [1.54, 1.807) is 38.1 Å². The van der Waals surface area contributed by atoms with E-state index in [-0.39, 0.29) is 22.5 Å². The minimum absolute atomic E-state index is 0.0293. The van der Waals surface area contributed by atoms with Crippen LogP contribution in [-0.4, -0.2) is 29.0 Å². The van der Waals surface area contributed by atoms with Gasteiger partial charge in [0.05, 0.1) is 24.1 Å². The molecule has 0 radical (unpaired) electrons. The van der Waals surface area contributed by atoms with Crippen LogP contribution in [0.1, 0.15) is 18.2 Å². The molecule has 29 heavy (non-hydrogen) atoms. The quantitative estimate of drug-likeness (QED) is 0.635. The molecule has 0 saturated heterocycles. The number of benzene rings is 2. The number of para-hydroxylation sites is 2. The van der Waals surface area contributed by atoms with Crippen molar-refractivity contribution in [2.45, 2.75) is 20.2 Å². The first-order valence-electron chi connectivity index (χ1n) is 8.56. The van der Waals surface area contributed by atoms with E-state index < -0.39 is 12.1 Å². The molecule has 152 valence electrons. The van der Waals surface area contributed by atoms with Crippen LogP contribution in [0.25, 0.3) is 5.69 Å². The maximum atomic E-state index is 12.9. The Balaban J connectivity index is 2.02. The molecule has 0 fully saturated rings. The first kappa shape index (κ1) is 20.2. The molecule has 9 heteroatoms. The third-order valence-electron chi connectivity index (χ3n) is 4.14. The van der Waals surface area contributed by atoms with Gasteiger partial charge in [-0.15, -0.1) is 13.2 Å². The molecule has 3 rings (SSSR count). The molecule has 6 nitrogen and oxygen atoms in total. The number of ether oxygens (including phenoxy) is 2. The number of rotatable bonds is 5. The summed E-state index contributed by atoms with van der Waals surface area (Å²) < 4.78 is 48.3. The number of H-pyrrole nitrogens is 1. The van der Waals surface area contributed by atoms with Gasteiger partial charge in [-0.05, 0) is 50.2 Å². The third-order valence-corrected chi connectivity index (χ3v) is 4.14. The largest absolute Gasteiger partial charge is 0.573 e. The summed E-state index contributed by atoms with van der Waals surface area (Å²) in [5.41, 5.74) is 1.23. The number of alkyl halides is 3. The Hall–Kier alpha value is -3.49. The summed E-state index contributed by atoms with van der Waals surface area (Å²) in [5.74, 6) is 0.201. The number of hydrogen-bond donors (Lipinski definition) is 1. The van der Waals surface area contributed by atoms with E-state index in [9.17, 15) is 18.0 Å². The maximum absolute atomic E-state index is 12.9. The zero-order valence-electron chi connectivity index (χ0n) is 15.9.